The van der Waals surface area contributed by atoms with Crippen molar-refractivity contribution in [3.05, 3.63) is 65.7 Å². The summed E-state index contributed by atoms with van der Waals surface area (Å²) >= 11 is 0. The van der Waals surface area contributed by atoms with Gasteiger partial charge in [0.1, 0.15) is 0 Å². The van der Waals surface area contributed by atoms with Gasteiger partial charge >= 0.3 is 0 Å². The summed E-state index contributed by atoms with van der Waals surface area (Å²) in [6.45, 7) is 7.07. The molecule has 1 aliphatic heterocycles. The van der Waals surface area contributed by atoms with Gasteiger partial charge in [-0.15, -0.1) is 0 Å². The number of benzene rings is 2. The van der Waals surface area contributed by atoms with E-state index in [1.54, 1.807) is 30.0 Å². The van der Waals surface area contributed by atoms with Crippen LogP contribution in [-0.4, -0.2) is 49.7 Å². The van der Waals surface area contributed by atoms with Crippen molar-refractivity contribution in [1.82, 2.24) is 9.21 Å². The summed E-state index contributed by atoms with van der Waals surface area (Å²) in [6, 6.07) is 16.7. The van der Waals surface area contributed by atoms with Crippen molar-refractivity contribution in [1.29, 1.82) is 0 Å². The van der Waals surface area contributed by atoms with E-state index in [1.807, 2.05) is 50.2 Å². The first-order valence-corrected chi connectivity index (χ1v) is 10.6. The third kappa shape index (κ3) is 3.77. The highest BCUT2D eigenvalue weighted by atomic mass is 32.2. The minimum Gasteiger partial charge on any atom is -0.339 e. The Hall–Kier alpha value is -2.18. The molecule has 3 rings (SSSR count). The van der Waals surface area contributed by atoms with E-state index in [0.29, 0.717) is 31.1 Å². The normalized spacial score (nSPS) is 16.3. The highest BCUT2D eigenvalue weighted by molar-refractivity contribution is 7.89. The maximum absolute atomic E-state index is 13.1. The van der Waals surface area contributed by atoms with Gasteiger partial charge in [-0.1, -0.05) is 48.5 Å². The second kappa shape index (κ2) is 7.44. The van der Waals surface area contributed by atoms with E-state index in [9.17, 15) is 13.2 Å². The Bertz CT molecular complexity index is 915. The van der Waals surface area contributed by atoms with Gasteiger partial charge in [-0.2, -0.15) is 4.31 Å². The standard InChI is InChI=1S/C21H26N2O3S/c1-17-9-7-8-12-19(17)27(25,26)23-15-13-22(14-16-23)20(24)21(2,3)18-10-5-4-6-11-18/h4-12H,13-16H2,1-3H3. The first-order chi connectivity index (χ1) is 12.7. The highest BCUT2D eigenvalue weighted by Crippen LogP contribution is 2.27. The van der Waals surface area contributed by atoms with Gasteiger partial charge in [0, 0.05) is 26.2 Å². The van der Waals surface area contributed by atoms with Gasteiger partial charge in [0.25, 0.3) is 0 Å². The Morgan fingerprint density at radius 2 is 1.44 bits per heavy atom. The summed E-state index contributed by atoms with van der Waals surface area (Å²) in [5.41, 5.74) is 1.06. The van der Waals surface area contributed by atoms with Gasteiger partial charge in [-0.3, -0.25) is 4.79 Å². The van der Waals surface area contributed by atoms with Gasteiger partial charge < -0.3 is 4.90 Å². The summed E-state index contributed by atoms with van der Waals surface area (Å²) < 4.78 is 27.3. The molecule has 0 atom stereocenters. The molecule has 1 aliphatic rings. The topological polar surface area (TPSA) is 57.7 Å². The van der Waals surface area contributed by atoms with Crippen molar-refractivity contribution in [3.8, 4) is 0 Å². The van der Waals surface area contributed by atoms with Crippen molar-refractivity contribution >= 4 is 15.9 Å². The Morgan fingerprint density at radius 3 is 2.04 bits per heavy atom. The number of amides is 1. The van der Waals surface area contributed by atoms with E-state index in [1.165, 1.54) is 4.31 Å². The molecule has 0 aliphatic carbocycles. The van der Waals surface area contributed by atoms with Gasteiger partial charge in [0.15, 0.2) is 0 Å². The zero-order valence-electron chi connectivity index (χ0n) is 16.1. The number of hydrogen-bond acceptors (Lipinski definition) is 3. The molecule has 0 spiro atoms. The van der Waals surface area contributed by atoms with Crippen LogP contribution in [0, 0.1) is 6.92 Å². The molecule has 0 radical (unpaired) electrons. The van der Waals surface area contributed by atoms with E-state index in [2.05, 4.69) is 0 Å². The van der Waals surface area contributed by atoms with Crippen molar-refractivity contribution in [2.24, 2.45) is 0 Å². The molecule has 1 saturated heterocycles. The molecule has 1 amide bonds. The monoisotopic (exact) mass is 386 g/mol. The largest absolute Gasteiger partial charge is 0.339 e. The SMILES string of the molecule is Cc1ccccc1S(=O)(=O)N1CCN(C(=O)C(C)(C)c2ccccc2)CC1. The maximum atomic E-state index is 13.1. The van der Waals surface area contributed by atoms with Crippen LogP contribution in [0.15, 0.2) is 59.5 Å². The predicted octanol–water partition coefficient (Wildman–Crippen LogP) is 2.81. The predicted molar refractivity (Wildman–Crippen MR) is 106 cm³/mol. The zero-order chi connectivity index (χ0) is 19.7. The van der Waals surface area contributed by atoms with Crippen LogP contribution in [0.4, 0.5) is 0 Å². The number of carbonyl (C=O) groups is 1. The molecule has 0 aromatic heterocycles. The second-order valence-corrected chi connectivity index (χ2v) is 9.36. The van der Waals surface area contributed by atoms with E-state index in [4.69, 9.17) is 0 Å². The van der Waals surface area contributed by atoms with E-state index < -0.39 is 15.4 Å². The van der Waals surface area contributed by atoms with Crippen LogP contribution in [-0.2, 0) is 20.2 Å². The smallest absolute Gasteiger partial charge is 0.243 e. The number of sulfonamides is 1. The Morgan fingerprint density at radius 1 is 0.889 bits per heavy atom. The van der Waals surface area contributed by atoms with Crippen LogP contribution in [0.3, 0.4) is 0 Å². The van der Waals surface area contributed by atoms with Gasteiger partial charge in [0.05, 0.1) is 10.3 Å². The molecule has 0 bridgehead atoms. The van der Waals surface area contributed by atoms with Crippen LogP contribution < -0.4 is 0 Å². The molecule has 5 nitrogen and oxygen atoms in total. The minimum atomic E-state index is -3.53. The Balaban J connectivity index is 1.72. The van der Waals surface area contributed by atoms with Crippen LogP contribution in [0.1, 0.15) is 25.0 Å². The average Bonchev–Trinajstić information content (AvgIpc) is 2.68. The molecular formula is C21H26N2O3S. The highest BCUT2D eigenvalue weighted by Gasteiger charge is 2.37. The average molecular weight is 387 g/mol. The number of rotatable bonds is 4. The molecule has 1 heterocycles. The quantitative estimate of drug-likeness (QED) is 0.812. The number of nitrogens with zero attached hydrogens (tertiary/aromatic N) is 2. The molecule has 2 aromatic rings. The maximum Gasteiger partial charge on any atom is 0.243 e. The Labute approximate surface area is 161 Å². The number of carbonyl (C=O) groups excluding carboxylic acids is 1. The lowest BCUT2D eigenvalue weighted by Crippen LogP contribution is -2.54. The molecule has 1 fully saturated rings. The van der Waals surface area contributed by atoms with Crippen molar-refractivity contribution < 1.29 is 13.2 Å². The van der Waals surface area contributed by atoms with Crippen LogP contribution in [0.5, 0.6) is 0 Å². The van der Waals surface area contributed by atoms with Gasteiger partial charge in [0.2, 0.25) is 15.9 Å². The van der Waals surface area contributed by atoms with E-state index in [-0.39, 0.29) is 5.91 Å². The fraction of sp³-hybridized carbons (Fsp3) is 0.381. The van der Waals surface area contributed by atoms with E-state index >= 15 is 0 Å². The fourth-order valence-electron chi connectivity index (χ4n) is 3.49. The third-order valence-electron chi connectivity index (χ3n) is 5.27. The van der Waals surface area contributed by atoms with Crippen molar-refractivity contribution in [2.45, 2.75) is 31.1 Å². The van der Waals surface area contributed by atoms with Crippen molar-refractivity contribution in [3.63, 3.8) is 0 Å². The lowest BCUT2D eigenvalue weighted by Gasteiger charge is -2.38. The summed E-state index contributed by atoms with van der Waals surface area (Å²) in [5, 5.41) is 0. The molecule has 6 heteroatoms. The lowest BCUT2D eigenvalue weighted by atomic mass is 9.83. The first-order valence-electron chi connectivity index (χ1n) is 9.15. The number of hydrogen-bond donors (Lipinski definition) is 0. The third-order valence-corrected chi connectivity index (χ3v) is 7.33. The van der Waals surface area contributed by atoms with E-state index in [0.717, 1.165) is 11.1 Å². The Kier molecular flexibility index (Phi) is 5.40. The van der Waals surface area contributed by atoms with Gasteiger partial charge in [-0.25, -0.2) is 8.42 Å². The van der Waals surface area contributed by atoms with Gasteiger partial charge in [-0.05, 0) is 38.0 Å². The molecule has 2 aromatic carbocycles. The molecule has 27 heavy (non-hydrogen) atoms. The molecule has 0 saturated carbocycles. The first kappa shape index (κ1) is 19.6. The molecule has 0 unspecified atom stereocenters. The molecular weight excluding hydrogens is 360 g/mol. The molecule has 0 N–H and O–H groups in total. The summed E-state index contributed by atoms with van der Waals surface area (Å²) in [4.78, 5) is 15.2. The van der Waals surface area contributed by atoms with Crippen LogP contribution in [0.25, 0.3) is 0 Å². The number of aryl methyl sites for hydroxylation is 1. The molecule has 144 valence electrons. The summed E-state index contributed by atoms with van der Waals surface area (Å²) in [7, 11) is -3.53. The zero-order valence-corrected chi connectivity index (χ0v) is 16.9. The minimum absolute atomic E-state index is 0.0293. The van der Waals surface area contributed by atoms with Crippen molar-refractivity contribution in [2.75, 3.05) is 26.2 Å². The number of piperazine rings is 1. The fourth-order valence-corrected chi connectivity index (χ4v) is 5.14. The lowest BCUT2D eigenvalue weighted by molar-refractivity contribution is -0.137. The van der Waals surface area contributed by atoms with Crippen LogP contribution in [0.2, 0.25) is 0 Å². The second-order valence-electron chi connectivity index (χ2n) is 7.45. The summed E-state index contributed by atoms with van der Waals surface area (Å²) in [6.07, 6.45) is 0. The summed E-state index contributed by atoms with van der Waals surface area (Å²) in [5.74, 6) is 0.0293. The van der Waals surface area contributed by atoms with Crippen LogP contribution >= 0.6 is 0 Å².